The van der Waals surface area contributed by atoms with Crippen molar-refractivity contribution in [1.82, 2.24) is 10.3 Å². The fourth-order valence-corrected chi connectivity index (χ4v) is 3.18. The molecule has 0 amide bonds. The normalized spacial score (nSPS) is 13.7. The van der Waals surface area contributed by atoms with E-state index in [4.69, 9.17) is 0 Å². The van der Waals surface area contributed by atoms with Gasteiger partial charge in [0.25, 0.3) is 5.56 Å². The van der Waals surface area contributed by atoms with Crippen molar-refractivity contribution in [2.75, 3.05) is 6.54 Å². The van der Waals surface area contributed by atoms with Gasteiger partial charge in [-0.15, -0.1) is 0 Å². The van der Waals surface area contributed by atoms with E-state index in [1.165, 1.54) is 5.56 Å². The van der Waals surface area contributed by atoms with Crippen LogP contribution in [0.15, 0.2) is 65.5 Å². The van der Waals surface area contributed by atoms with Crippen molar-refractivity contribution in [3.05, 3.63) is 82.1 Å². The highest BCUT2D eigenvalue weighted by atomic mass is 16.3. The van der Waals surface area contributed by atoms with Gasteiger partial charge in [0.2, 0.25) is 0 Å². The van der Waals surface area contributed by atoms with Crippen LogP contribution in [0, 0.1) is 0 Å². The van der Waals surface area contributed by atoms with Crippen LogP contribution < -0.4 is 10.9 Å². The monoisotopic (exact) mass is 336 g/mol. The van der Waals surface area contributed by atoms with Crippen LogP contribution in [0.2, 0.25) is 0 Å². The van der Waals surface area contributed by atoms with Gasteiger partial charge >= 0.3 is 0 Å². The first-order valence-electron chi connectivity index (χ1n) is 8.68. The van der Waals surface area contributed by atoms with E-state index in [1.54, 1.807) is 0 Å². The summed E-state index contributed by atoms with van der Waals surface area (Å²) in [5.41, 5.74) is 2.72. The summed E-state index contributed by atoms with van der Waals surface area (Å²) in [7, 11) is 0. The lowest BCUT2D eigenvalue weighted by atomic mass is 9.93. The van der Waals surface area contributed by atoms with Crippen molar-refractivity contribution in [3.8, 4) is 0 Å². The number of benzene rings is 2. The number of rotatable bonds is 7. The summed E-state index contributed by atoms with van der Waals surface area (Å²) in [5.74, 6) is 0.209. The molecular formula is C21H24N2O2. The van der Waals surface area contributed by atoms with E-state index in [0.717, 1.165) is 16.5 Å². The second kappa shape index (κ2) is 8.10. The Balaban J connectivity index is 1.70. The maximum atomic E-state index is 12.2. The molecule has 130 valence electrons. The number of aromatic nitrogens is 1. The summed E-state index contributed by atoms with van der Waals surface area (Å²) >= 11 is 0. The van der Waals surface area contributed by atoms with Gasteiger partial charge in [-0.25, -0.2) is 0 Å². The fraction of sp³-hybridized carbons (Fsp3) is 0.286. The minimum Gasteiger partial charge on any atom is -0.393 e. The number of hydrogen-bond donors (Lipinski definition) is 3. The van der Waals surface area contributed by atoms with Crippen LogP contribution in [0.5, 0.6) is 0 Å². The van der Waals surface area contributed by atoms with Gasteiger partial charge in [-0.2, -0.15) is 0 Å². The smallest absolute Gasteiger partial charge is 0.252 e. The van der Waals surface area contributed by atoms with Crippen molar-refractivity contribution < 1.29 is 5.11 Å². The van der Waals surface area contributed by atoms with Gasteiger partial charge in [0, 0.05) is 24.2 Å². The van der Waals surface area contributed by atoms with Crippen LogP contribution in [-0.2, 0) is 6.54 Å². The quantitative estimate of drug-likeness (QED) is 0.621. The minimum absolute atomic E-state index is 0.0574. The summed E-state index contributed by atoms with van der Waals surface area (Å²) in [6.45, 7) is 3.02. The molecule has 4 nitrogen and oxygen atoms in total. The second-order valence-corrected chi connectivity index (χ2v) is 6.53. The number of nitrogens with one attached hydrogen (secondary N) is 2. The maximum absolute atomic E-state index is 12.2. The van der Waals surface area contributed by atoms with E-state index in [2.05, 4.69) is 22.4 Å². The van der Waals surface area contributed by atoms with Crippen LogP contribution in [-0.4, -0.2) is 22.7 Å². The van der Waals surface area contributed by atoms with Crippen LogP contribution in [0.4, 0.5) is 0 Å². The molecule has 0 fully saturated rings. The standard InChI is InChI=1S/C21H24N2O2/c1-15(24)11-18(16-7-3-2-4-8-16)13-22-14-19-12-17-9-5-6-10-20(17)23-21(19)25/h2-10,12,15,18,22,24H,11,13-14H2,1H3,(H,23,25). The molecule has 0 bridgehead atoms. The second-order valence-electron chi connectivity index (χ2n) is 6.53. The first-order chi connectivity index (χ1) is 12.1. The third kappa shape index (κ3) is 4.56. The molecular weight excluding hydrogens is 312 g/mol. The van der Waals surface area contributed by atoms with Crippen molar-refractivity contribution in [1.29, 1.82) is 0 Å². The van der Waals surface area contributed by atoms with Gasteiger partial charge in [0.15, 0.2) is 0 Å². The number of pyridine rings is 1. The first-order valence-corrected chi connectivity index (χ1v) is 8.68. The Morgan fingerprint density at radius 3 is 2.56 bits per heavy atom. The minimum atomic E-state index is -0.365. The predicted molar refractivity (Wildman–Crippen MR) is 102 cm³/mol. The molecule has 3 rings (SSSR count). The fourth-order valence-electron chi connectivity index (χ4n) is 3.18. The zero-order valence-electron chi connectivity index (χ0n) is 14.4. The van der Waals surface area contributed by atoms with E-state index in [-0.39, 0.29) is 17.6 Å². The molecule has 0 saturated carbocycles. The Morgan fingerprint density at radius 1 is 1.08 bits per heavy atom. The van der Waals surface area contributed by atoms with Gasteiger partial charge < -0.3 is 15.4 Å². The lowest BCUT2D eigenvalue weighted by Crippen LogP contribution is -2.26. The van der Waals surface area contributed by atoms with Crippen LogP contribution in [0.25, 0.3) is 10.9 Å². The lowest BCUT2D eigenvalue weighted by Gasteiger charge is -2.19. The molecule has 2 unspecified atom stereocenters. The Kier molecular flexibility index (Phi) is 5.64. The summed E-state index contributed by atoms with van der Waals surface area (Å²) < 4.78 is 0. The SMILES string of the molecule is CC(O)CC(CNCc1cc2ccccc2[nH]c1=O)c1ccccc1. The molecule has 0 spiro atoms. The number of H-pyrrole nitrogens is 1. The number of aliphatic hydroxyl groups is 1. The van der Waals surface area contributed by atoms with Gasteiger partial charge in [0.05, 0.1) is 6.10 Å². The molecule has 0 aliphatic rings. The van der Waals surface area contributed by atoms with Gasteiger partial charge in [-0.05, 0) is 42.3 Å². The van der Waals surface area contributed by atoms with E-state index in [0.29, 0.717) is 19.5 Å². The molecule has 2 aromatic carbocycles. The Morgan fingerprint density at radius 2 is 1.80 bits per heavy atom. The highest BCUT2D eigenvalue weighted by Gasteiger charge is 2.14. The molecule has 0 aliphatic heterocycles. The molecule has 3 N–H and O–H groups in total. The molecule has 25 heavy (non-hydrogen) atoms. The average Bonchev–Trinajstić information content (AvgIpc) is 2.61. The van der Waals surface area contributed by atoms with Crippen molar-refractivity contribution in [3.63, 3.8) is 0 Å². The molecule has 0 aliphatic carbocycles. The molecule has 2 atom stereocenters. The number of aliphatic hydroxyl groups excluding tert-OH is 1. The molecule has 1 aromatic heterocycles. The Labute approximate surface area is 147 Å². The van der Waals surface area contributed by atoms with Crippen molar-refractivity contribution in [2.45, 2.75) is 31.9 Å². The van der Waals surface area contributed by atoms with E-state index >= 15 is 0 Å². The lowest BCUT2D eigenvalue weighted by molar-refractivity contribution is 0.173. The highest BCUT2D eigenvalue weighted by Crippen LogP contribution is 2.20. The van der Waals surface area contributed by atoms with Gasteiger partial charge in [0.1, 0.15) is 0 Å². The molecule has 0 saturated heterocycles. The maximum Gasteiger partial charge on any atom is 0.252 e. The molecule has 3 aromatic rings. The number of hydrogen-bond acceptors (Lipinski definition) is 3. The Hall–Kier alpha value is -2.43. The predicted octanol–water partition coefficient (Wildman–Crippen LogP) is 3.17. The largest absolute Gasteiger partial charge is 0.393 e. The van der Waals surface area contributed by atoms with Gasteiger partial charge in [-0.3, -0.25) is 4.79 Å². The zero-order chi connectivity index (χ0) is 17.6. The number of para-hydroxylation sites is 1. The third-order valence-electron chi connectivity index (χ3n) is 4.43. The van der Waals surface area contributed by atoms with Crippen LogP contribution >= 0.6 is 0 Å². The topological polar surface area (TPSA) is 65.1 Å². The highest BCUT2D eigenvalue weighted by molar-refractivity contribution is 5.78. The molecule has 4 heteroatoms. The average molecular weight is 336 g/mol. The summed E-state index contributed by atoms with van der Waals surface area (Å²) in [6, 6.07) is 19.9. The van der Waals surface area contributed by atoms with E-state index in [1.807, 2.05) is 55.5 Å². The van der Waals surface area contributed by atoms with Gasteiger partial charge in [-0.1, -0.05) is 48.5 Å². The molecule has 1 heterocycles. The van der Waals surface area contributed by atoms with E-state index in [9.17, 15) is 9.90 Å². The number of aromatic amines is 1. The summed E-state index contributed by atoms with van der Waals surface area (Å²) in [6.07, 6.45) is 0.321. The van der Waals surface area contributed by atoms with Crippen molar-refractivity contribution >= 4 is 10.9 Å². The first kappa shape index (κ1) is 17.4. The third-order valence-corrected chi connectivity index (χ3v) is 4.43. The molecule has 0 radical (unpaired) electrons. The Bertz CT molecular complexity index is 872. The van der Waals surface area contributed by atoms with Crippen LogP contribution in [0.1, 0.15) is 30.4 Å². The van der Waals surface area contributed by atoms with Crippen LogP contribution in [0.3, 0.4) is 0 Å². The number of fused-ring (bicyclic) bond motifs is 1. The van der Waals surface area contributed by atoms with Crippen molar-refractivity contribution in [2.24, 2.45) is 0 Å². The zero-order valence-corrected chi connectivity index (χ0v) is 14.4. The van der Waals surface area contributed by atoms with E-state index < -0.39 is 0 Å². The summed E-state index contributed by atoms with van der Waals surface area (Å²) in [5, 5.41) is 14.2. The summed E-state index contributed by atoms with van der Waals surface area (Å²) in [4.78, 5) is 15.1.